The summed E-state index contributed by atoms with van der Waals surface area (Å²) in [7, 11) is 0. The van der Waals surface area contributed by atoms with Gasteiger partial charge in [-0.25, -0.2) is 4.79 Å². The van der Waals surface area contributed by atoms with E-state index in [4.69, 9.17) is 0 Å². The van der Waals surface area contributed by atoms with Crippen LogP contribution in [0.15, 0.2) is 0 Å². The minimum Gasteiger partial charge on any atom is -0.391 e. The van der Waals surface area contributed by atoms with Crippen LogP contribution in [0.4, 0.5) is 4.79 Å². The molecule has 0 spiro atoms. The first-order chi connectivity index (χ1) is 8.16. The van der Waals surface area contributed by atoms with Crippen molar-refractivity contribution in [2.75, 3.05) is 13.1 Å². The van der Waals surface area contributed by atoms with Gasteiger partial charge in [0, 0.05) is 13.1 Å². The number of likely N-dealkylation sites (tertiary alicyclic amines) is 1. The molecule has 0 bridgehead atoms. The predicted octanol–water partition coefficient (Wildman–Crippen LogP) is 1.73. The molecule has 4 nitrogen and oxygen atoms in total. The molecule has 0 aromatic heterocycles. The molecule has 1 heterocycles. The van der Waals surface area contributed by atoms with Gasteiger partial charge in [-0.3, -0.25) is 0 Å². The minimum absolute atomic E-state index is 0.0162. The van der Waals surface area contributed by atoms with Crippen molar-refractivity contribution >= 4 is 6.03 Å². The summed E-state index contributed by atoms with van der Waals surface area (Å²) in [5.41, 5.74) is 0. The molecule has 2 aliphatic rings. The maximum Gasteiger partial charge on any atom is 0.317 e. The fraction of sp³-hybridized carbons (Fsp3) is 0.923. The molecule has 1 saturated heterocycles. The highest BCUT2D eigenvalue weighted by Crippen LogP contribution is 2.20. The van der Waals surface area contributed by atoms with Gasteiger partial charge in [0.15, 0.2) is 0 Å². The molecule has 2 N–H and O–H groups in total. The van der Waals surface area contributed by atoms with Crippen molar-refractivity contribution in [2.45, 2.75) is 57.6 Å². The molecule has 2 fully saturated rings. The second-order valence-electron chi connectivity index (χ2n) is 5.60. The number of nitrogens with one attached hydrogen (secondary N) is 1. The zero-order valence-corrected chi connectivity index (χ0v) is 10.7. The first-order valence-electron chi connectivity index (χ1n) is 6.90. The van der Waals surface area contributed by atoms with Crippen LogP contribution in [-0.2, 0) is 0 Å². The topological polar surface area (TPSA) is 52.6 Å². The molecular weight excluding hydrogens is 216 g/mol. The molecule has 2 rings (SSSR count). The number of aliphatic hydroxyl groups is 1. The van der Waals surface area contributed by atoms with Gasteiger partial charge in [0.25, 0.3) is 0 Å². The summed E-state index contributed by atoms with van der Waals surface area (Å²) >= 11 is 0. The summed E-state index contributed by atoms with van der Waals surface area (Å²) in [4.78, 5) is 14.0. The molecule has 0 aromatic rings. The van der Waals surface area contributed by atoms with E-state index in [2.05, 4.69) is 12.2 Å². The molecular formula is C13H24N2O2. The van der Waals surface area contributed by atoms with E-state index in [0.29, 0.717) is 5.92 Å². The van der Waals surface area contributed by atoms with Crippen LogP contribution in [-0.4, -0.2) is 41.3 Å². The van der Waals surface area contributed by atoms with Gasteiger partial charge < -0.3 is 15.3 Å². The summed E-state index contributed by atoms with van der Waals surface area (Å²) in [5, 5.41) is 12.8. The van der Waals surface area contributed by atoms with Crippen molar-refractivity contribution in [1.82, 2.24) is 10.2 Å². The van der Waals surface area contributed by atoms with Crippen LogP contribution < -0.4 is 5.32 Å². The lowest BCUT2D eigenvalue weighted by atomic mass is 9.92. The number of carbonyl (C=O) groups excluding carboxylic acids is 1. The van der Waals surface area contributed by atoms with Crippen LogP contribution in [0, 0.1) is 5.92 Å². The fourth-order valence-corrected chi connectivity index (χ4v) is 2.90. The average Bonchev–Trinajstić information content (AvgIpc) is 2.32. The Labute approximate surface area is 103 Å². The summed E-state index contributed by atoms with van der Waals surface area (Å²) in [5.74, 6) is 0.603. The molecule has 1 saturated carbocycles. The number of piperidine rings is 1. The highest BCUT2D eigenvalue weighted by molar-refractivity contribution is 5.74. The number of aliphatic hydroxyl groups excluding tert-OH is 1. The van der Waals surface area contributed by atoms with Crippen LogP contribution in [0.1, 0.15) is 45.4 Å². The van der Waals surface area contributed by atoms with E-state index in [9.17, 15) is 9.90 Å². The van der Waals surface area contributed by atoms with Crippen molar-refractivity contribution in [2.24, 2.45) is 5.92 Å². The van der Waals surface area contributed by atoms with Crippen molar-refractivity contribution in [3.05, 3.63) is 0 Å². The van der Waals surface area contributed by atoms with Crippen LogP contribution >= 0.6 is 0 Å². The van der Waals surface area contributed by atoms with E-state index in [-0.39, 0.29) is 18.2 Å². The SMILES string of the molecule is CC1CCCN(C(=O)NC2CCCCC2O)C1. The molecule has 1 aliphatic heterocycles. The van der Waals surface area contributed by atoms with Gasteiger partial charge in [-0.2, -0.15) is 0 Å². The average molecular weight is 240 g/mol. The van der Waals surface area contributed by atoms with E-state index in [0.717, 1.165) is 45.2 Å². The van der Waals surface area contributed by atoms with E-state index < -0.39 is 0 Å². The molecule has 3 unspecified atom stereocenters. The maximum absolute atomic E-state index is 12.1. The third-order valence-electron chi connectivity index (χ3n) is 3.98. The van der Waals surface area contributed by atoms with E-state index in [1.807, 2.05) is 4.90 Å². The van der Waals surface area contributed by atoms with E-state index in [1.54, 1.807) is 0 Å². The lowest BCUT2D eigenvalue weighted by Gasteiger charge is -2.34. The number of urea groups is 1. The van der Waals surface area contributed by atoms with Gasteiger partial charge >= 0.3 is 6.03 Å². The van der Waals surface area contributed by atoms with Gasteiger partial charge in [0.1, 0.15) is 0 Å². The Bertz CT molecular complexity index is 270. The Hall–Kier alpha value is -0.770. The Kier molecular flexibility index (Phi) is 4.26. The predicted molar refractivity (Wildman–Crippen MR) is 66.8 cm³/mol. The Balaban J connectivity index is 1.83. The van der Waals surface area contributed by atoms with Crippen LogP contribution in [0.5, 0.6) is 0 Å². The van der Waals surface area contributed by atoms with Crippen molar-refractivity contribution in [3.63, 3.8) is 0 Å². The molecule has 1 aliphatic carbocycles. The standard InChI is InChI=1S/C13H24N2O2/c1-10-5-4-8-15(9-10)13(17)14-11-6-2-3-7-12(11)16/h10-12,16H,2-9H2,1H3,(H,14,17). The fourth-order valence-electron chi connectivity index (χ4n) is 2.90. The number of rotatable bonds is 1. The third-order valence-corrected chi connectivity index (χ3v) is 3.98. The number of carbonyl (C=O) groups is 1. The van der Waals surface area contributed by atoms with Crippen LogP contribution in [0.25, 0.3) is 0 Å². The van der Waals surface area contributed by atoms with E-state index >= 15 is 0 Å². The zero-order valence-electron chi connectivity index (χ0n) is 10.7. The molecule has 0 radical (unpaired) electrons. The minimum atomic E-state index is -0.352. The maximum atomic E-state index is 12.1. The summed E-state index contributed by atoms with van der Waals surface area (Å²) < 4.78 is 0. The van der Waals surface area contributed by atoms with Crippen LogP contribution in [0.3, 0.4) is 0 Å². The first kappa shape index (κ1) is 12.7. The Morgan fingerprint density at radius 2 is 2.00 bits per heavy atom. The number of hydrogen-bond acceptors (Lipinski definition) is 2. The van der Waals surface area contributed by atoms with Gasteiger partial charge in [0.05, 0.1) is 12.1 Å². The van der Waals surface area contributed by atoms with E-state index in [1.165, 1.54) is 6.42 Å². The molecule has 2 amide bonds. The molecule has 4 heteroatoms. The van der Waals surface area contributed by atoms with Crippen molar-refractivity contribution in [3.8, 4) is 0 Å². The quantitative estimate of drug-likeness (QED) is 0.733. The Morgan fingerprint density at radius 1 is 1.24 bits per heavy atom. The monoisotopic (exact) mass is 240 g/mol. The zero-order chi connectivity index (χ0) is 12.3. The Morgan fingerprint density at radius 3 is 2.71 bits per heavy atom. The lowest BCUT2D eigenvalue weighted by molar-refractivity contribution is 0.0873. The largest absolute Gasteiger partial charge is 0.391 e. The normalized spacial score (nSPS) is 34.5. The van der Waals surface area contributed by atoms with Crippen LogP contribution in [0.2, 0.25) is 0 Å². The lowest BCUT2D eigenvalue weighted by Crippen LogP contribution is -2.52. The summed E-state index contributed by atoms with van der Waals surface area (Å²) in [6, 6.07) is -0.0176. The van der Waals surface area contributed by atoms with Crippen molar-refractivity contribution in [1.29, 1.82) is 0 Å². The van der Waals surface area contributed by atoms with Gasteiger partial charge in [-0.15, -0.1) is 0 Å². The number of hydrogen-bond donors (Lipinski definition) is 2. The summed E-state index contributed by atoms with van der Waals surface area (Å²) in [6.07, 6.45) is 5.89. The van der Waals surface area contributed by atoms with Gasteiger partial charge in [-0.05, 0) is 31.6 Å². The second-order valence-corrected chi connectivity index (χ2v) is 5.60. The van der Waals surface area contributed by atoms with Crippen molar-refractivity contribution < 1.29 is 9.90 Å². The molecule has 3 atom stereocenters. The highest BCUT2D eigenvalue weighted by atomic mass is 16.3. The van der Waals surface area contributed by atoms with Gasteiger partial charge in [-0.1, -0.05) is 19.8 Å². The smallest absolute Gasteiger partial charge is 0.317 e. The second kappa shape index (κ2) is 5.71. The third kappa shape index (κ3) is 3.35. The molecule has 17 heavy (non-hydrogen) atoms. The highest BCUT2D eigenvalue weighted by Gasteiger charge is 2.27. The number of nitrogens with zero attached hydrogens (tertiary/aromatic N) is 1. The molecule has 0 aromatic carbocycles. The summed E-state index contributed by atoms with van der Waals surface area (Å²) in [6.45, 7) is 3.91. The molecule has 98 valence electrons. The first-order valence-corrected chi connectivity index (χ1v) is 6.90. The van der Waals surface area contributed by atoms with Gasteiger partial charge in [0.2, 0.25) is 0 Å². The number of amides is 2.